The lowest BCUT2D eigenvalue weighted by Crippen LogP contribution is -2.45. The summed E-state index contributed by atoms with van der Waals surface area (Å²) in [5.41, 5.74) is 0. The molecule has 0 unspecified atom stereocenters. The minimum absolute atomic E-state index is 0.299. The van der Waals surface area contributed by atoms with Gasteiger partial charge in [-0.2, -0.15) is 0 Å². The summed E-state index contributed by atoms with van der Waals surface area (Å²) < 4.78 is 11.8. The van der Waals surface area contributed by atoms with E-state index in [9.17, 15) is 0 Å². The van der Waals surface area contributed by atoms with E-state index >= 15 is 0 Å². The van der Waals surface area contributed by atoms with Crippen LogP contribution in [0.15, 0.2) is 0 Å². The van der Waals surface area contributed by atoms with Gasteiger partial charge in [0.05, 0.1) is 12.7 Å². The predicted molar refractivity (Wildman–Crippen MR) is 66.7 cm³/mol. The van der Waals surface area contributed by atoms with Gasteiger partial charge in [-0.25, -0.2) is 0 Å². The van der Waals surface area contributed by atoms with Gasteiger partial charge in [-0.05, 0) is 24.6 Å². The molecule has 1 aliphatic rings. The Bertz CT molecular complexity index is 204. The first-order chi connectivity index (χ1) is 6.78. The van der Waals surface area contributed by atoms with Crippen LogP contribution in [-0.2, 0) is 9.16 Å². The third-order valence-electron chi connectivity index (χ3n) is 3.60. The third kappa shape index (κ3) is 3.57. The van der Waals surface area contributed by atoms with E-state index in [0.29, 0.717) is 17.2 Å². The molecular weight excluding hydrogens is 204 g/mol. The highest BCUT2D eigenvalue weighted by Crippen LogP contribution is 2.39. The minimum Gasteiger partial charge on any atom is -0.411 e. The van der Waals surface area contributed by atoms with Crippen LogP contribution >= 0.6 is 0 Å². The van der Waals surface area contributed by atoms with Crippen LogP contribution in [0.5, 0.6) is 0 Å². The van der Waals surface area contributed by atoms with E-state index in [4.69, 9.17) is 9.16 Å². The fourth-order valence-corrected chi connectivity index (χ4v) is 2.81. The van der Waals surface area contributed by atoms with Crippen LogP contribution < -0.4 is 0 Å². The van der Waals surface area contributed by atoms with Crippen molar-refractivity contribution in [3.05, 3.63) is 0 Å². The molecular formula is C12H26O2Si. The maximum Gasteiger partial charge on any atom is 0.192 e. The van der Waals surface area contributed by atoms with Crippen molar-refractivity contribution in [1.29, 1.82) is 0 Å². The largest absolute Gasteiger partial charge is 0.411 e. The molecule has 2 nitrogen and oxygen atoms in total. The zero-order chi connectivity index (χ0) is 11.7. The SMILES string of the molecule is CCC[C@@H](O[Si](C)(C)C(C)(C)C)[C@H]1CO1. The Balaban J connectivity index is 2.56. The first kappa shape index (κ1) is 13.2. The maximum absolute atomic E-state index is 6.38. The fourth-order valence-electron chi connectivity index (χ4n) is 1.43. The molecule has 0 radical (unpaired) electrons. The number of epoxide rings is 1. The Labute approximate surface area is 95.5 Å². The first-order valence-corrected chi connectivity index (χ1v) is 8.98. The Morgan fingerprint density at radius 3 is 2.27 bits per heavy atom. The van der Waals surface area contributed by atoms with Crippen molar-refractivity contribution in [2.24, 2.45) is 0 Å². The van der Waals surface area contributed by atoms with E-state index in [1.165, 1.54) is 6.42 Å². The van der Waals surface area contributed by atoms with Gasteiger partial charge in [-0.15, -0.1) is 0 Å². The second kappa shape index (κ2) is 4.56. The van der Waals surface area contributed by atoms with Crippen molar-refractivity contribution < 1.29 is 9.16 Å². The van der Waals surface area contributed by atoms with Crippen molar-refractivity contribution in [3.8, 4) is 0 Å². The van der Waals surface area contributed by atoms with Crippen molar-refractivity contribution in [2.75, 3.05) is 6.61 Å². The van der Waals surface area contributed by atoms with E-state index in [1.54, 1.807) is 0 Å². The highest BCUT2D eigenvalue weighted by molar-refractivity contribution is 6.74. The molecule has 0 aromatic rings. The van der Waals surface area contributed by atoms with Gasteiger partial charge >= 0.3 is 0 Å². The molecule has 3 heteroatoms. The average Bonchev–Trinajstić information content (AvgIpc) is 2.82. The molecule has 90 valence electrons. The Morgan fingerprint density at radius 2 is 1.93 bits per heavy atom. The smallest absolute Gasteiger partial charge is 0.192 e. The van der Waals surface area contributed by atoms with Crippen LogP contribution in [-0.4, -0.2) is 27.1 Å². The highest BCUT2D eigenvalue weighted by Gasteiger charge is 2.43. The van der Waals surface area contributed by atoms with Gasteiger partial charge in [-0.3, -0.25) is 0 Å². The zero-order valence-electron chi connectivity index (χ0n) is 11.1. The molecule has 0 amide bonds. The maximum atomic E-state index is 6.38. The standard InChI is InChI=1S/C12H26O2Si/c1-7-8-10(11-9-13-11)14-15(5,6)12(2,3)4/h10-11H,7-9H2,1-6H3/t10-,11-/m1/s1. The number of hydrogen-bond donors (Lipinski definition) is 0. The van der Waals surface area contributed by atoms with Gasteiger partial charge in [-0.1, -0.05) is 34.1 Å². The second-order valence-corrected chi connectivity index (χ2v) is 10.8. The summed E-state index contributed by atoms with van der Waals surface area (Å²) in [4.78, 5) is 0. The summed E-state index contributed by atoms with van der Waals surface area (Å²) in [5.74, 6) is 0. The third-order valence-corrected chi connectivity index (χ3v) is 8.10. The van der Waals surface area contributed by atoms with E-state index in [-0.39, 0.29) is 0 Å². The van der Waals surface area contributed by atoms with E-state index < -0.39 is 8.32 Å². The summed E-state index contributed by atoms with van der Waals surface area (Å²) in [7, 11) is -1.61. The van der Waals surface area contributed by atoms with Gasteiger partial charge in [0, 0.05) is 0 Å². The topological polar surface area (TPSA) is 21.8 Å². The summed E-state index contributed by atoms with van der Waals surface area (Å²) in [6.45, 7) is 14.6. The molecule has 1 saturated heterocycles. The van der Waals surface area contributed by atoms with Crippen LogP contribution in [0.3, 0.4) is 0 Å². The van der Waals surface area contributed by atoms with Gasteiger partial charge in [0.25, 0.3) is 0 Å². The van der Waals surface area contributed by atoms with Crippen molar-refractivity contribution in [1.82, 2.24) is 0 Å². The Kier molecular flexibility index (Phi) is 4.01. The lowest BCUT2D eigenvalue weighted by Gasteiger charge is -2.39. The second-order valence-electron chi connectivity index (χ2n) is 6.08. The van der Waals surface area contributed by atoms with E-state index in [0.717, 1.165) is 13.0 Å². The number of hydrogen-bond acceptors (Lipinski definition) is 2. The van der Waals surface area contributed by atoms with Crippen LogP contribution in [0, 0.1) is 0 Å². The van der Waals surface area contributed by atoms with Gasteiger partial charge in [0.2, 0.25) is 0 Å². The fraction of sp³-hybridized carbons (Fsp3) is 1.00. The van der Waals surface area contributed by atoms with E-state index in [1.807, 2.05) is 0 Å². The summed E-state index contributed by atoms with van der Waals surface area (Å²) >= 11 is 0. The number of rotatable bonds is 5. The zero-order valence-corrected chi connectivity index (χ0v) is 12.1. The van der Waals surface area contributed by atoms with Crippen molar-refractivity contribution in [3.63, 3.8) is 0 Å². The predicted octanol–water partition coefficient (Wildman–Crippen LogP) is 3.58. The van der Waals surface area contributed by atoms with Crippen LogP contribution in [0.1, 0.15) is 40.5 Å². The number of ether oxygens (including phenoxy) is 1. The molecule has 0 aromatic carbocycles. The molecule has 0 N–H and O–H groups in total. The molecule has 0 spiro atoms. The van der Waals surface area contributed by atoms with Gasteiger partial charge in [0.15, 0.2) is 8.32 Å². The Hall–Kier alpha value is 0.137. The van der Waals surface area contributed by atoms with Crippen LogP contribution in [0.25, 0.3) is 0 Å². The van der Waals surface area contributed by atoms with Crippen molar-refractivity contribution in [2.45, 2.75) is 70.9 Å². The first-order valence-electron chi connectivity index (χ1n) is 6.07. The monoisotopic (exact) mass is 230 g/mol. The van der Waals surface area contributed by atoms with E-state index in [2.05, 4.69) is 40.8 Å². The molecule has 1 heterocycles. The van der Waals surface area contributed by atoms with Gasteiger partial charge < -0.3 is 9.16 Å². The summed E-state index contributed by atoms with van der Waals surface area (Å²) in [6.07, 6.45) is 3.05. The minimum atomic E-state index is -1.61. The summed E-state index contributed by atoms with van der Waals surface area (Å²) in [5, 5.41) is 0.299. The molecule has 0 saturated carbocycles. The quantitative estimate of drug-likeness (QED) is 0.532. The summed E-state index contributed by atoms with van der Waals surface area (Å²) in [6, 6.07) is 0. The van der Waals surface area contributed by atoms with Crippen LogP contribution in [0.4, 0.5) is 0 Å². The molecule has 2 atom stereocenters. The lowest BCUT2D eigenvalue weighted by molar-refractivity contribution is 0.133. The lowest BCUT2D eigenvalue weighted by atomic mass is 10.2. The van der Waals surface area contributed by atoms with Gasteiger partial charge in [0.1, 0.15) is 6.10 Å². The molecule has 1 rings (SSSR count). The molecule has 0 aromatic heterocycles. The molecule has 0 aliphatic carbocycles. The van der Waals surface area contributed by atoms with Crippen LogP contribution in [0.2, 0.25) is 18.1 Å². The average molecular weight is 230 g/mol. The molecule has 0 bridgehead atoms. The van der Waals surface area contributed by atoms with Crippen molar-refractivity contribution >= 4 is 8.32 Å². The molecule has 1 aliphatic heterocycles. The normalized spacial score (nSPS) is 24.0. The Morgan fingerprint density at radius 1 is 1.40 bits per heavy atom. The molecule has 1 fully saturated rings. The highest BCUT2D eigenvalue weighted by atomic mass is 28.4. The molecule has 15 heavy (non-hydrogen) atoms.